The molecule has 6 heteroatoms. The maximum Gasteiger partial charge on any atom is 0.256 e. The van der Waals surface area contributed by atoms with Crippen LogP contribution in [0.1, 0.15) is 42.8 Å². The van der Waals surface area contributed by atoms with E-state index in [1.54, 1.807) is 18.9 Å². The number of hydrogen-bond donors (Lipinski definition) is 1. The van der Waals surface area contributed by atoms with Crippen molar-refractivity contribution in [3.05, 3.63) is 27.4 Å². The van der Waals surface area contributed by atoms with Gasteiger partial charge in [-0.3, -0.25) is 9.59 Å². The lowest BCUT2D eigenvalue weighted by Gasteiger charge is -2.30. The van der Waals surface area contributed by atoms with E-state index >= 15 is 0 Å². The number of nitrogens with one attached hydrogen (secondary N) is 1. The van der Waals surface area contributed by atoms with Crippen LogP contribution in [-0.4, -0.2) is 34.0 Å². The van der Waals surface area contributed by atoms with Gasteiger partial charge in [-0.25, -0.2) is 4.98 Å². The van der Waals surface area contributed by atoms with Crippen LogP contribution in [0.3, 0.4) is 0 Å². The molecule has 2 unspecified atom stereocenters. The first-order chi connectivity index (χ1) is 10.1. The summed E-state index contributed by atoms with van der Waals surface area (Å²) in [4.78, 5) is 33.4. The minimum atomic E-state index is -0.119. The van der Waals surface area contributed by atoms with Crippen molar-refractivity contribution < 1.29 is 9.53 Å². The van der Waals surface area contributed by atoms with E-state index in [-0.39, 0.29) is 23.5 Å². The minimum absolute atomic E-state index is 0.0122. The van der Waals surface area contributed by atoms with E-state index in [9.17, 15) is 9.59 Å². The van der Waals surface area contributed by atoms with Crippen LogP contribution in [0, 0.1) is 12.8 Å². The van der Waals surface area contributed by atoms with E-state index in [1.807, 2.05) is 0 Å². The molecule has 114 valence electrons. The van der Waals surface area contributed by atoms with E-state index < -0.39 is 0 Å². The van der Waals surface area contributed by atoms with Gasteiger partial charge in [-0.2, -0.15) is 0 Å². The molecule has 1 aromatic rings. The number of nitrogens with zero attached hydrogens (tertiary/aromatic N) is 2. The van der Waals surface area contributed by atoms with Crippen molar-refractivity contribution in [3.63, 3.8) is 0 Å². The lowest BCUT2D eigenvalue weighted by molar-refractivity contribution is -0.138. The van der Waals surface area contributed by atoms with Crippen LogP contribution >= 0.6 is 0 Å². The summed E-state index contributed by atoms with van der Waals surface area (Å²) in [7, 11) is 1.70. The number of aromatic nitrogens is 2. The molecular formula is C15H21N3O3. The van der Waals surface area contributed by atoms with Crippen molar-refractivity contribution in [2.75, 3.05) is 7.11 Å². The molecule has 6 nitrogen and oxygen atoms in total. The predicted molar refractivity (Wildman–Crippen MR) is 76.6 cm³/mol. The highest BCUT2D eigenvalue weighted by Crippen LogP contribution is 2.30. The molecule has 0 bridgehead atoms. The van der Waals surface area contributed by atoms with Gasteiger partial charge in [0.15, 0.2) is 0 Å². The molecule has 1 aromatic heterocycles. The van der Waals surface area contributed by atoms with Gasteiger partial charge >= 0.3 is 0 Å². The van der Waals surface area contributed by atoms with Gasteiger partial charge in [-0.1, -0.05) is 6.42 Å². The number of rotatable bonds is 2. The minimum Gasteiger partial charge on any atom is -0.381 e. The summed E-state index contributed by atoms with van der Waals surface area (Å²) >= 11 is 0. The third kappa shape index (κ3) is 2.72. The molecule has 1 amide bonds. The molecule has 2 aliphatic rings. The van der Waals surface area contributed by atoms with E-state index in [2.05, 4.69) is 9.97 Å². The molecule has 0 radical (unpaired) electrons. The third-order valence-electron chi connectivity index (χ3n) is 4.53. The number of hydrogen-bond acceptors (Lipinski definition) is 4. The molecule has 0 spiro atoms. The monoisotopic (exact) mass is 291 g/mol. The number of H-pyrrole nitrogens is 1. The fourth-order valence-corrected chi connectivity index (χ4v) is 3.39. The molecule has 21 heavy (non-hydrogen) atoms. The van der Waals surface area contributed by atoms with Gasteiger partial charge in [0, 0.05) is 13.0 Å². The summed E-state index contributed by atoms with van der Waals surface area (Å²) in [6, 6.07) is 0. The van der Waals surface area contributed by atoms with Crippen LogP contribution < -0.4 is 5.56 Å². The van der Waals surface area contributed by atoms with Crippen molar-refractivity contribution in [2.45, 2.75) is 51.8 Å². The quantitative estimate of drug-likeness (QED) is 0.886. The number of aromatic amines is 1. The number of carbonyl (C=O) groups is 1. The van der Waals surface area contributed by atoms with Gasteiger partial charge in [0.05, 0.1) is 30.5 Å². The van der Waals surface area contributed by atoms with E-state index in [4.69, 9.17) is 4.74 Å². The zero-order valence-electron chi connectivity index (χ0n) is 12.5. The predicted octanol–water partition coefficient (Wildman–Crippen LogP) is 1.13. The highest BCUT2D eigenvalue weighted by Gasteiger charge is 2.34. The summed E-state index contributed by atoms with van der Waals surface area (Å²) < 4.78 is 5.39. The first-order valence-electron chi connectivity index (χ1n) is 7.48. The molecule has 3 rings (SSSR count). The number of carbonyl (C=O) groups excluding carboxylic acids is 1. The number of ether oxygens (including phenoxy) is 1. The first-order valence-corrected chi connectivity index (χ1v) is 7.48. The summed E-state index contributed by atoms with van der Waals surface area (Å²) in [6.45, 7) is 2.59. The van der Waals surface area contributed by atoms with E-state index in [0.29, 0.717) is 24.5 Å². The summed E-state index contributed by atoms with van der Waals surface area (Å²) in [5.74, 6) is 0.746. The van der Waals surface area contributed by atoms with Crippen LogP contribution in [0.2, 0.25) is 0 Å². The smallest absolute Gasteiger partial charge is 0.256 e. The Labute approximate surface area is 123 Å². The van der Waals surface area contributed by atoms with Gasteiger partial charge in [0.25, 0.3) is 5.56 Å². The van der Waals surface area contributed by atoms with Crippen molar-refractivity contribution in [2.24, 2.45) is 5.92 Å². The Balaban J connectivity index is 1.73. The lowest BCUT2D eigenvalue weighted by atomic mass is 9.86. The maximum atomic E-state index is 12.7. The van der Waals surface area contributed by atoms with Crippen LogP contribution in [-0.2, 0) is 22.6 Å². The SMILES string of the molecule is COC1CCCC(C(=O)N2Cc3nc(C)[nH]c(=O)c3C2)C1. The fraction of sp³-hybridized carbons (Fsp3) is 0.667. The normalized spacial score (nSPS) is 25.0. The summed E-state index contributed by atoms with van der Waals surface area (Å²) in [6.07, 6.45) is 3.93. The zero-order valence-corrected chi connectivity index (χ0v) is 12.5. The van der Waals surface area contributed by atoms with Crippen LogP contribution in [0.15, 0.2) is 4.79 Å². The molecular weight excluding hydrogens is 270 g/mol. The van der Waals surface area contributed by atoms with Crippen LogP contribution in [0.5, 0.6) is 0 Å². The second-order valence-corrected chi connectivity index (χ2v) is 5.99. The van der Waals surface area contributed by atoms with Crippen molar-refractivity contribution in [1.82, 2.24) is 14.9 Å². The molecule has 0 aromatic carbocycles. The fourth-order valence-electron chi connectivity index (χ4n) is 3.39. The van der Waals surface area contributed by atoms with Crippen molar-refractivity contribution in [3.8, 4) is 0 Å². The number of methoxy groups -OCH3 is 1. The average Bonchev–Trinajstić information content (AvgIpc) is 2.90. The molecule has 0 saturated heterocycles. The second-order valence-electron chi connectivity index (χ2n) is 5.99. The number of fused-ring (bicyclic) bond motifs is 1. The molecule has 1 N–H and O–H groups in total. The summed E-state index contributed by atoms with van der Waals surface area (Å²) in [5, 5.41) is 0. The molecule has 1 aliphatic heterocycles. The first kappa shape index (κ1) is 14.3. The number of amides is 1. The Morgan fingerprint density at radius 2 is 2.19 bits per heavy atom. The zero-order chi connectivity index (χ0) is 15.0. The largest absolute Gasteiger partial charge is 0.381 e. The standard InChI is InChI=1S/C15H21N3O3/c1-9-16-13-8-18(7-12(13)14(19)17-9)15(20)10-4-3-5-11(6-10)21-2/h10-11H,3-8H2,1-2H3,(H,16,17,19). The molecule has 2 atom stereocenters. The van der Waals surface area contributed by atoms with Gasteiger partial charge < -0.3 is 14.6 Å². The highest BCUT2D eigenvalue weighted by molar-refractivity contribution is 5.79. The van der Waals surface area contributed by atoms with Crippen molar-refractivity contribution in [1.29, 1.82) is 0 Å². The van der Waals surface area contributed by atoms with Crippen LogP contribution in [0.25, 0.3) is 0 Å². The lowest BCUT2D eigenvalue weighted by Crippen LogP contribution is -2.36. The molecule has 1 aliphatic carbocycles. The average molecular weight is 291 g/mol. The van der Waals surface area contributed by atoms with Crippen LogP contribution in [0.4, 0.5) is 0 Å². The Morgan fingerprint density at radius 1 is 1.38 bits per heavy atom. The molecule has 2 heterocycles. The Bertz CT molecular complexity index is 611. The van der Waals surface area contributed by atoms with Crippen molar-refractivity contribution >= 4 is 5.91 Å². The maximum absolute atomic E-state index is 12.7. The Kier molecular flexibility index (Phi) is 3.80. The highest BCUT2D eigenvalue weighted by atomic mass is 16.5. The van der Waals surface area contributed by atoms with Gasteiger partial charge in [-0.05, 0) is 26.2 Å². The van der Waals surface area contributed by atoms with Gasteiger partial charge in [0.2, 0.25) is 5.91 Å². The van der Waals surface area contributed by atoms with Gasteiger partial charge in [-0.15, -0.1) is 0 Å². The third-order valence-corrected chi connectivity index (χ3v) is 4.53. The Morgan fingerprint density at radius 3 is 2.95 bits per heavy atom. The van der Waals surface area contributed by atoms with E-state index in [0.717, 1.165) is 31.4 Å². The topological polar surface area (TPSA) is 75.3 Å². The number of aryl methyl sites for hydroxylation is 1. The van der Waals surface area contributed by atoms with E-state index in [1.165, 1.54) is 0 Å². The van der Waals surface area contributed by atoms with Gasteiger partial charge in [0.1, 0.15) is 5.82 Å². The second kappa shape index (κ2) is 5.60. The summed E-state index contributed by atoms with van der Waals surface area (Å²) in [5.41, 5.74) is 1.25. The molecule has 1 fully saturated rings. The Hall–Kier alpha value is -1.69. The molecule has 1 saturated carbocycles.